The van der Waals surface area contributed by atoms with Gasteiger partial charge in [0.05, 0.1) is 6.54 Å². The van der Waals surface area contributed by atoms with Gasteiger partial charge in [-0.2, -0.15) is 0 Å². The molecule has 4 N–H and O–H groups in total. The zero-order chi connectivity index (χ0) is 20.9. The molecule has 29 heavy (non-hydrogen) atoms. The summed E-state index contributed by atoms with van der Waals surface area (Å²) in [6.45, 7) is 5.35. The van der Waals surface area contributed by atoms with Crippen LogP contribution in [0.4, 0.5) is 0 Å². The van der Waals surface area contributed by atoms with Crippen molar-refractivity contribution in [1.82, 2.24) is 15.5 Å². The molecular weight excluding hydrogens is 384 g/mol. The molecule has 3 rings (SSSR count). The second-order valence-corrected chi connectivity index (χ2v) is 8.97. The van der Waals surface area contributed by atoms with E-state index in [0.29, 0.717) is 32.0 Å². The van der Waals surface area contributed by atoms with Crippen LogP contribution in [0.5, 0.6) is 0 Å². The number of hydrogen-bond donors (Lipinski definition) is 3. The number of nitrogens with two attached hydrogens (primary N) is 1. The van der Waals surface area contributed by atoms with E-state index in [-0.39, 0.29) is 17.9 Å². The van der Waals surface area contributed by atoms with Crippen LogP contribution in [-0.4, -0.2) is 48.9 Å². The molecule has 1 unspecified atom stereocenters. The molecule has 2 fully saturated rings. The van der Waals surface area contributed by atoms with Crippen LogP contribution >= 0.6 is 11.3 Å². The first kappa shape index (κ1) is 23.8. The molecule has 2 heterocycles. The number of carbonyl (C=O) groups is 2. The molecule has 6 nitrogen and oxygen atoms in total. The zero-order valence-electron chi connectivity index (χ0n) is 17.8. The first-order valence-corrected chi connectivity index (χ1v) is 12.0. The summed E-state index contributed by atoms with van der Waals surface area (Å²) in [6, 6.07) is 3.61. The lowest BCUT2D eigenvalue weighted by Gasteiger charge is -2.35. The van der Waals surface area contributed by atoms with Crippen LogP contribution < -0.4 is 16.4 Å². The number of piperazine rings is 1. The van der Waals surface area contributed by atoms with Crippen LogP contribution in [0.1, 0.15) is 63.2 Å². The molecule has 1 atom stereocenters. The lowest BCUT2D eigenvalue weighted by Crippen LogP contribution is -2.59. The number of thiophene rings is 1. The van der Waals surface area contributed by atoms with E-state index in [4.69, 9.17) is 5.73 Å². The first-order chi connectivity index (χ1) is 14.2. The van der Waals surface area contributed by atoms with Gasteiger partial charge in [0, 0.05) is 30.9 Å². The molecule has 2 aliphatic rings. The molecule has 1 aromatic rings. The Labute approximate surface area is 179 Å². The van der Waals surface area contributed by atoms with Crippen molar-refractivity contribution >= 4 is 23.2 Å². The minimum atomic E-state index is -0.382. The van der Waals surface area contributed by atoms with Crippen molar-refractivity contribution in [2.24, 2.45) is 11.7 Å². The smallest absolute Gasteiger partial charge is 0.244 e. The molecule has 1 aliphatic heterocycles. The van der Waals surface area contributed by atoms with E-state index in [1.54, 1.807) is 16.2 Å². The second kappa shape index (κ2) is 13.7. The largest absolute Gasteiger partial charge is 0.349 e. The quantitative estimate of drug-likeness (QED) is 0.630. The summed E-state index contributed by atoms with van der Waals surface area (Å²) in [4.78, 5) is 28.2. The third kappa shape index (κ3) is 8.44. The normalized spacial score (nSPS) is 19.9. The molecule has 0 radical (unpaired) electrons. The predicted molar refractivity (Wildman–Crippen MR) is 120 cm³/mol. The average Bonchev–Trinajstić information content (AvgIpc) is 3.30. The van der Waals surface area contributed by atoms with E-state index in [9.17, 15) is 9.59 Å². The van der Waals surface area contributed by atoms with E-state index in [0.717, 1.165) is 30.8 Å². The fourth-order valence-electron chi connectivity index (χ4n) is 3.89. The predicted octanol–water partition coefficient (Wildman–Crippen LogP) is 2.88. The van der Waals surface area contributed by atoms with Gasteiger partial charge in [0.1, 0.15) is 6.04 Å². The van der Waals surface area contributed by atoms with Gasteiger partial charge in [-0.05, 0) is 36.8 Å². The number of amides is 2. The minimum absolute atomic E-state index is 0.0494. The monoisotopic (exact) mass is 422 g/mol. The summed E-state index contributed by atoms with van der Waals surface area (Å²) in [5, 5.41) is 8.23. The maximum absolute atomic E-state index is 12.7. The Morgan fingerprint density at radius 2 is 2.07 bits per heavy atom. The summed E-state index contributed by atoms with van der Waals surface area (Å²) < 4.78 is 0. The summed E-state index contributed by atoms with van der Waals surface area (Å²) >= 11 is 1.63. The Hall–Kier alpha value is -1.44. The fourth-order valence-corrected chi connectivity index (χ4v) is 4.53. The molecule has 7 heteroatoms. The molecule has 0 bridgehead atoms. The third-order valence-electron chi connectivity index (χ3n) is 5.66. The standard InChI is InChI=1S/C19H29N3O2S.C3H9N/c23-18(9-8-15-5-2-1-3-6-15)22-11-10-20-14-17(22)19(24)21-13-16-7-4-12-25-16;1-2-3-4/h4,7,12,15,17,20H,1-3,5-6,8-11,13-14H2,(H,21,24);2-4H2,1H3. The molecule has 0 aromatic carbocycles. The van der Waals surface area contributed by atoms with Gasteiger partial charge in [-0.1, -0.05) is 45.1 Å². The second-order valence-electron chi connectivity index (χ2n) is 7.94. The Balaban J connectivity index is 0.000000687. The zero-order valence-corrected chi connectivity index (χ0v) is 18.6. The van der Waals surface area contributed by atoms with Crippen molar-refractivity contribution in [1.29, 1.82) is 0 Å². The highest BCUT2D eigenvalue weighted by Gasteiger charge is 2.32. The maximum Gasteiger partial charge on any atom is 0.244 e. The van der Waals surface area contributed by atoms with Crippen LogP contribution in [0, 0.1) is 5.92 Å². The van der Waals surface area contributed by atoms with Crippen molar-refractivity contribution < 1.29 is 9.59 Å². The van der Waals surface area contributed by atoms with E-state index in [2.05, 4.69) is 17.6 Å². The number of nitrogens with zero attached hydrogens (tertiary/aromatic N) is 1. The number of hydrogen-bond acceptors (Lipinski definition) is 5. The maximum atomic E-state index is 12.7. The van der Waals surface area contributed by atoms with Crippen molar-refractivity contribution in [3.63, 3.8) is 0 Å². The van der Waals surface area contributed by atoms with Gasteiger partial charge in [0.25, 0.3) is 0 Å². The topological polar surface area (TPSA) is 87.5 Å². The van der Waals surface area contributed by atoms with Crippen LogP contribution in [0.3, 0.4) is 0 Å². The Bertz CT molecular complexity index is 586. The minimum Gasteiger partial charge on any atom is -0.349 e. The van der Waals surface area contributed by atoms with Gasteiger partial charge in [0.2, 0.25) is 11.8 Å². The molecule has 1 aliphatic carbocycles. The summed E-state index contributed by atoms with van der Waals surface area (Å²) in [6.07, 6.45) is 9.14. The molecule has 1 saturated heterocycles. The summed E-state index contributed by atoms with van der Waals surface area (Å²) in [5.41, 5.74) is 5.03. The van der Waals surface area contributed by atoms with Crippen LogP contribution in [0.15, 0.2) is 17.5 Å². The molecule has 0 spiro atoms. The lowest BCUT2D eigenvalue weighted by molar-refractivity contribution is -0.141. The van der Waals surface area contributed by atoms with Crippen molar-refractivity contribution in [2.45, 2.75) is 70.9 Å². The highest BCUT2D eigenvalue weighted by molar-refractivity contribution is 7.09. The Morgan fingerprint density at radius 3 is 2.72 bits per heavy atom. The Morgan fingerprint density at radius 1 is 1.31 bits per heavy atom. The van der Waals surface area contributed by atoms with Gasteiger partial charge in [0.15, 0.2) is 0 Å². The van der Waals surface area contributed by atoms with E-state index < -0.39 is 0 Å². The molecule has 1 aromatic heterocycles. The van der Waals surface area contributed by atoms with Gasteiger partial charge in [-0.25, -0.2) is 0 Å². The van der Waals surface area contributed by atoms with Gasteiger partial charge >= 0.3 is 0 Å². The van der Waals surface area contributed by atoms with Gasteiger partial charge in [-0.3, -0.25) is 9.59 Å². The van der Waals surface area contributed by atoms with Crippen molar-refractivity contribution in [2.75, 3.05) is 26.2 Å². The van der Waals surface area contributed by atoms with Crippen molar-refractivity contribution in [3.05, 3.63) is 22.4 Å². The number of carbonyl (C=O) groups excluding carboxylic acids is 2. The number of nitrogens with one attached hydrogen (secondary N) is 2. The Kier molecular flexibility index (Phi) is 11.3. The SMILES string of the molecule is CCCN.O=C(NCc1cccs1)C1CNCCN1C(=O)CCC1CCCCC1. The van der Waals surface area contributed by atoms with Gasteiger partial charge < -0.3 is 21.3 Å². The first-order valence-electron chi connectivity index (χ1n) is 11.2. The highest BCUT2D eigenvalue weighted by atomic mass is 32.1. The summed E-state index contributed by atoms with van der Waals surface area (Å²) in [7, 11) is 0. The highest BCUT2D eigenvalue weighted by Crippen LogP contribution is 2.27. The average molecular weight is 423 g/mol. The van der Waals surface area contributed by atoms with E-state index in [1.807, 2.05) is 17.5 Å². The molecular formula is C22H38N4O2S. The third-order valence-corrected chi connectivity index (χ3v) is 6.54. The van der Waals surface area contributed by atoms with E-state index in [1.165, 1.54) is 32.1 Å². The number of rotatable bonds is 7. The molecule has 2 amide bonds. The molecule has 164 valence electrons. The molecule has 1 saturated carbocycles. The van der Waals surface area contributed by atoms with Crippen LogP contribution in [-0.2, 0) is 16.1 Å². The van der Waals surface area contributed by atoms with Crippen molar-refractivity contribution in [3.8, 4) is 0 Å². The van der Waals surface area contributed by atoms with E-state index >= 15 is 0 Å². The summed E-state index contributed by atoms with van der Waals surface area (Å²) in [5.74, 6) is 0.793. The van der Waals surface area contributed by atoms with Crippen LogP contribution in [0.2, 0.25) is 0 Å². The lowest BCUT2D eigenvalue weighted by atomic mass is 9.86. The van der Waals surface area contributed by atoms with Crippen LogP contribution in [0.25, 0.3) is 0 Å². The van der Waals surface area contributed by atoms with Gasteiger partial charge in [-0.15, -0.1) is 11.3 Å². The fraction of sp³-hybridized carbons (Fsp3) is 0.727.